The number of nitro benzene ring substituents is 1. The Labute approximate surface area is 124 Å². The van der Waals surface area contributed by atoms with E-state index in [-0.39, 0.29) is 24.5 Å². The van der Waals surface area contributed by atoms with E-state index in [1.54, 1.807) is 13.0 Å². The van der Waals surface area contributed by atoms with Gasteiger partial charge in [-0.1, -0.05) is 15.9 Å². The number of nitro groups is 1. The van der Waals surface area contributed by atoms with E-state index < -0.39 is 16.4 Å². The van der Waals surface area contributed by atoms with E-state index in [9.17, 15) is 14.9 Å². The van der Waals surface area contributed by atoms with E-state index in [4.69, 9.17) is 15.6 Å². The zero-order chi connectivity index (χ0) is 15.5. The van der Waals surface area contributed by atoms with Crippen LogP contribution in [-0.2, 0) is 4.79 Å². The molecule has 0 fully saturated rings. The summed E-state index contributed by atoms with van der Waals surface area (Å²) in [5.74, 6) is -1.03. The van der Waals surface area contributed by atoms with Crippen LogP contribution in [-0.4, -0.2) is 28.1 Å². The van der Waals surface area contributed by atoms with E-state index >= 15 is 0 Å². The second-order valence-electron chi connectivity index (χ2n) is 4.65. The summed E-state index contributed by atoms with van der Waals surface area (Å²) >= 11 is 3.18. The number of hydrogen-bond donors (Lipinski definition) is 2. The van der Waals surface area contributed by atoms with Gasteiger partial charge in [0.2, 0.25) is 0 Å². The number of nitrogens with zero attached hydrogens (tertiary/aromatic N) is 1. The number of aliphatic carboxylic acids is 1. The number of halogens is 1. The number of ether oxygens (including phenoxy) is 1. The molecule has 1 aromatic carbocycles. The lowest BCUT2D eigenvalue weighted by atomic mass is 10.0. The highest BCUT2D eigenvalue weighted by Gasteiger charge is 2.28. The summed E-state index contributed by atoms with van der Waals surface area (Å²) in [7, 11) is 0. The number of aryl methyl sites for hydroxylation is 1. The van der Waals surface area contributed by atoms with E-state index in [0.717, 1.165) is 0 Å². The maximum Gasteiger partial charge on any atom is 0.323 e. The number of benzene rings is 1. The Balaban J connectivity index is 2.88. The van der Waals surface area contributed by atoms with Gasteiger partial charge in [0.25, 0.3) is 0 Å². The fourth-order valence-electron chi connectivity index (χ4n) is 1.51. The quantitative estimate of drug-likeness (QED) is 0.602. The molecule has 0 aromatic heterocycles. The Morgan fingerprint density at radius 3 is 2.70 bits per heavy atom. The molecule has 1 atom stereocenters. The maximum atomic E-state index is 11.0. The van der Waals surface area contributed by atoms with Gasteiger partial charge in [-0.2, -0.15) is 0 Å². The summed E-state index contributed by atoms with van der Waals surface area (Å²) in [4.78, 5) is 21.3. The average molecular weight is 347 g/mol. The number of carboxylic acids is 1. The molecule has 0 bridgehead atoms. The first-order valence-corrected chi connectivity index (χ1v) is 6.54. The predicted molar refractivity (Wildman–Crippen MR) is 75.9 cm³/mol. The molecule has 110 valence electrons. The third-order valence-electron chi connectivity index (χ3n) is 2.77. The molecule has 0 heterocycles. The van der Waals surface area contributed by atoms with Crippen LogP contribution >= 0.6 is 15.9 Å². The van der Waals surface area contributed by atoms with E-state index in [1.807, 2.05) is 0 Å². The predicted octanol–water partition coefficient (Wildman–Crippen LogP) is 2.24. The highest BCUT2D eigenvalue weighted by atomic mass is 79.9. The van der Waals surface area contributed by atoms with Crippen LogP contribution in [0.5, 0.6) is 5.75 Å². The average Bonchev–Trinajstić information content (AvgIpc) is 2.30. The molecule has 0 aliphatic heterocycles. The molecule has 0 amide bonds. The molecule has 0 saturated heterocycles. The van der Waals surface area contributed by atoms with Crippen molar-refractivity contribution in [3.63, 3.8) is 0 Å². The molecule has 7 nitrogen and oxygen atoms in total. The minimum atomic E-state index is -1.43. The second kappa shape index (κ2) is 6.19. The van der Waals surface area contributed by atoms with E-state index in [2.05, 4.69) is 15.9 Å². The molecule has 8 heteroatoms. The highest BCUT2D eigenvalue weighted by molar-refractivity contribution is 9.10. The Hall–Kier alpha value is -1.67. The molecule has 0 spiro atoms. The van der Waals surface area contributed by atoms with Crippen LogP contribution < -0.4 is 10.5 Å². The first kappa shape index (κ1) is 16.4. The van der Waals surface area contributed by atoms with Gasteiger partial charge in [0, 0.05) is 17.0 Å². The van der Waals surface area contributed by atoms with Gasteiger partial charge in [-0.15, -0.1) is 0 Å². The lowest BCUT2D eigenvalue weighted by Gasteiger charge is -2.19. The summed E-state index contributed by atoms with van der Waals surface area (Å²) in [5.41, 5.74) is 4.54. The molecule has 20 heavy (non-hydrogen) atoms. The maximum absolute atomic E-state index is 11.0. The Bertz CT molecular complexity index is 545. The largest absolute Gasteiger partial charge is 0.487 e. The molecule has 0 aliphatic carbocycles. The number of rotatable bonds is 6. The fourth-order valence-corrected chi connectivity index (χ4v) is 2.07. The minimum absolute atomic E-state index is 0.0252. The van der Waals surface area contributed by atoms with Gasteiger partial charge in [-0.3, -0.25) is 14.9 Å². The molecule has 1 rings (SSSR count). The van der Waals surface area contributed by atoms with Crippen LogP contribution in [0.25, 0.3) is 0 Å². The summed E-state index contributed by atoms with van der Waals surface area (Å²) in [5, 5.41) is 19.9. The summed E-state index contributed by atoms with van der Waals surface area (Å²) in [6.45, 7) is 3.01. The molecular formula is C12H15BrN2O5. The van der Waals surface area contributed by atoms with E-state index in [0.29, 0.717) is 10.0 Å². The lowest BCUT2D eigenvalue weighted by molar-refractivity contribution is -0.386. The lowest BCUT2D eigenvalue weighted by Crippen LogP contribution is -2.45. The minimum Gasteiger partial charge on any atom is -0.487 e. The van der Waals surface area contributed by atoms with Crippen LogP contribution in [0.15, 0.2) is 16.6 Å². The monoisotopic (exact) mass is 346 g/mol. The standard InChI is InChI=1S/C12H15BrN2O5/c1-7-5-8(13)6-9(15(18)19)10(7)20-4-3-12(2,14)11(16)17/h5-6H,3-4,14H2,1-2H3,(H,16,17). The molecule has 0 aliphatic rings. The van der Waals surface area contributed by atoms with Crippen molar-refractivity contribution < 1.29 is 19.6 Å². The van der Waals surface area contributed by atoms with Crippen LogP contribution in [0.2, 0.25) is 0 Å². The van der Waals surface area contributed by atoms with Crippen LogP contribution in [0, 0.1) is 17.0 Å². The second-order valence-corrected chi connectivity index (χ2v) is 5.56. The van der Waals surface area contributed by atoms with Gasteiger partial charge in [-0.25, -0.2) is 0 Å². The molecule has 1 aromatic rings. The van der Waals surface area contributed by atoms with Crippen molar-refractivity contribution >= 4 is 27.6 Å². The van der Waals surface area contributed by atoms with Crippen molar-refractivity contribution in [1.29, 1.82) is 0 Å². The van der Waals surface area contributed by atoms with Crippen molar-refractivity contribution in [1.82, 2.24) is 0 Å². The summed E-state index contributed by atoms with van der Waals surface area (Å²) in [6, 6.07) is 3.02. The third-order valence-corrected chi connectivity index (χ3v) is 3.23. The number of nitrogens with two attached hydrogens (primary N) is 1. The summed E-state index contributed by atoms with van der Waals surface area (Å²) < 4.78 is 5.94. The number of hydrogen-bond acceptors (Lipinski definition) is 5. The van der Waals surface area contributed by atoms with Crippen molar-refractivity contribution in [2.24, 2.45) is 5.73 Å². The zero-order valence-electron chi connectivity index (χ0n) is 11.1. The van der Waals surface area contributed by atoms with Gasteiger partial charge in [-0.05, 0) is 25.5 Å². The smallest absolute Gasteiger partial charge is 0.323 e. The Kier molecular flexibility index (Phi) is 5.07. The normalized spacial score (nSPS) is 13.6. The topological polar surface area (TPSA) is 116 Å². The zero-order valence-corrected chi connectivity index (χ0v) is 12.6. The van der Waals surface area contributed by atoms with Gasteiger partial charge in [0.05, 0.1) is 11.5 Å². The highest BCUT2D eigenvalue weighted by Crippen LogP contribution is 2.34. The molecular weight excluding hydrogens is 332 g/mol. The first-order chi connectivity index (χ1) is 9.15. The Morgan fingerprint density at radius 2 is 2.20 bits per heavy atom. The Morgan fingerprint density at radius 1 is 1.60 bits per heavy atom. The van der Waals surface area contributed by atoms with Gasteiger partial charge in [0.15, 0.2) is 5.75 Å². The van der Waals surface area contributed by atoms with Gasteiger partial charge >= 0.3 is 11.7 Å². The third kappa shape index (κ3) is 3.91. The fraction of sp³-hybridized carbons (Fsp3) is 0.417. The summed E-state index contributed by atoms with van der Waals surface area (Å²) in [6.07, 6.45) is 0.0367. The van der Waals surface area contributed by atoms with Crippen molar-refractivity contribution in [3.8, 4) is 5.75 Å². The molecule has 0 radical (unpaired) electrons. The van der Waals surface area contributed by atoms with Gasteiger partial charge < -0.3 is 15.6 Å². The SMILES string of the molecule is Cc1cc(Br)cc([N+](=O)[O-])c1OCCC(C)(N)C(=O)O. The number of carbonyl (C=O) groups is 1. The van der Waals surface area contributed by atoms with Crippen molar-refractivity contribution in [2.75, 3.05) is 6.61 Å². The number of carboxylic acid groups (broad SMARTS) is 1. The molecule has 3 N–H and O–H groups in total. The van der Waals surface area contributed by atoms with Gasteiger partial charge in [0.1, 0.15) is 5.54 Å². The molecule has 0 saturated carbocycles. The molecule has 1 unspecified atom stereocenters. The van der Waals surface area contributed by atoms with Crippen LogP contribution in [0.3, 0.4) is 0 Å². The van der Waals surface area contributed by atoms with Crippen LogP contribution in [0.1, 0.15) is 18.9 Å². The van der Waals surface area contributed by atoms with Crippen molar-refractivity contribution in [2.45, 2.75) is 25.8 Å². The van der Waals surface area contributed by atoms with Crippen molar-refractivity contribution in [3.05, 3.63) is 32.3 Å². The first-order valence-electron chi connectivity index (χ1n) is 5.75. The van der Waals surface area contributed by atoms with E-state index in [1.165, 1.54) is 13.0 Å². The van der Waals surface area contributed by atoms with Crippen LogP contribution in [0.4, 0.5) is 5.69 Å².